The molecule has 1 amide bonds. The highest BCUT2D eigenvalue weighted by Crippen LogP contribution is 2.34. The second-order valence-electron chi connectivity index (χ2n) is 11.4. The van der Waals surface area contributed by atoms with Gasteiger partial charge in [0.25, 0.3) is 5.91 Å². The lowest BCUT2D eigenvalue weighted by Crippen LogP contribution is -2.36. The minimum absolute atomic E-state index is 0.0842. The van der Waals surface area contributed by atoms with Crippen LogP contribution >= 0.6 is 0 Å². The third-order valence-corrected chi connectivity index (χ3v) is 6.43. The summed E-state index contributed by atoms with van der Waals surface area (Å²) >= 11 is 0. The molecule has 0 radical (unpaired) electrons. The molecule has 2 atom stereocenters. The number of hydrogen-bond acceptors (Lipinski definition) is 5. The van der Waals surface area contributed by atoms with Crippen LogP contribution in [-0.2, 0) is 5.41 Å². The number of aromatic nitrogens is 1. The predicted molar refractivity (Wildman–Crippen MR) is 141 cm³/mol. The lowest BCUT2D eigenvalue weighted by Gasteiger charge is -2.32. The lowest BCUT2D eigenvalue weighted by atomic mass is 9.82. The van der Waals surface area contributed by atoms with E-state index in [4.69, 9.17) is 9.62 Å². The van der Waals surface area contributed by atoms with Gasteiger partial charge in [0, 0.05) is 17.7 Å². The zero-order valence-electron chi connectivity index (χ0n) is 21.6. The molecule has 7 heteroatoms. The minimum Gasteiger partial charge on any atom is -0.454 e. The first-order valence-corrected chi connectivity index (χ1v) is 12.1. The lowest BCUT2D eigenvalue weighted by molar-refractivity contribution is 0.000680. The Kier molecular flexibility index (Phi) is 6.84. The Morgan fingerprint density at radius 2 is 1.53 bits per heavy atom. The van der Waals surface area contributed by atoms with Crippen LogP contribution in [0.3, 0.4) is 0 Å². The van der Waals surface area contributed by atoms with E-state index in [0.29, 0.717) is 16.8 Å². The molecule has 4 rings (SSSR count). The SMILES string of the molecule is CC(C)(C)c1ccc(-c2cc3[nH]c(C(=O)NC(c4ccc(C(O)NO)cc4)C(C)(C)C)cc3o2)cc1. The number of nitrogens with one attached hydrogen (secondary N) is 3. The van der Waals surface area contributed by atoms with E-state index in [1.54, 1.807) is 18.2 Å². The van der Waals surface area contributed by atoms with E-state index in [9.17, 15) is 9.90 Å². The van der Waals surface area contributed by atoms with E-state index in [1.807, 2.05) is 44.5 Å². The number of aliphatic hydroxyl groups is 1. The summed E-state index contributed by atoms with van der Waals surface area (Å²) in [4.78, 5) is 16.4. The van der Waals surface area contributed by atoms with Crippen molar-refractivity contribution in [2.24, 2.45) is 5.41 Å². The molecule has 4 aromatic rings. The molecule has 2 unspecified atom stereocenters. The summed E-state index contributed by atoms with van der Waals surface area (Å²) in [7, 11) is 0. The fourth-order valence-electron chi connectivity index (χ4n) is 4.28. The molecular formula is C29H35N3O4. The highest BCUT2D eigenvalue weighted by Gasteiger charge is 2.29. The van der Waals surface area contributed by atoms with Gasteiger partial charge in [-0.2, -0.15) is 5.48 Å². The number of carbonyl (C=O) groups is 1. The molecule has 36 heavy (non-hydrogen) atoms. The third kappa shape index (κ3) is 5.38. The van der Waals surface area contributed by atoms with Gasteiger partial charge in [-0.25, -0.2) is 0 Å². The normalized spacial score (nSPS) is 14.1. The molecule has 0 spiro atoms. The Bertz CT molecular complexity index is 1310. The average Bonchev–Trinajstić information content (AvgIpc) is 3.40. The summed E-state index contributed by atoms with van der Waals surface area (Å²) in [6.07, 6.45) is -1.17. The monoisotopic (exact) mass is 489 g/mol. The number of hydroxylamine groups is 1. The van der Waals surface area contributed by atoms with Gasteiger partial charge in [0.15, 0.2) is 11.8 Å². The van der Waals surface area contributed by atoms with E-state index in [-0.39, 0.29) is 22.8 Å². The zero-order chi connectivity index (χ0) is 26.3. The van der Waals surface area contributed by atoms with Crippen molar-refractivity contribution in [2.75, 3.05) is 0 Å². The molecule has 0 saturated heterocycles. The highest BCUT2D eigenvalue weighted by atomic mass is 16.5. The van der Waals surface area contributed by atoms with Crippen molar-refractivity contribution in [3.63, 3.8) is 0 Å². The summed E-state index contributed by atoms with van der Waals surface area (Å²) in [6.45, 7) is 12.7. The van der Waals surface area contributed by atoms with E-state index in [1.165, 1.54) is 5.56 Å². The summed E-state index contributed by atoms with van der Waals surface area (Å²) in [6, 6.07) is 18.8. The molecular weight excluding hydrogens is 454 g/mol. The Morgan fingerprint density at radius 1 is 0.917 bits per heavy atom. The molecule has 0 bridgehead atoms. The first-order valence-electron chi connectivity index (χ1n) is 12.1. The number of H-pyrrole nitrogens is 1. The Morgan fingerprint density at radius 3 is 2.06 bits per heavy atom. The smallest absolute Gasteiger partial charge is 0.268 e. The predicted octanol–water partition coefficient (Wildman–Crippen LogP) is 6.21. The van der Waals surface area contributed by atoms with Crippen molar-refractivity contribution in [1.29, 1.82) is 0 Å². The molecule has 0 aliphatic rings. The second kappa shape index (κ2) is 9.58. The maximum atomic E-state index is 13.2. The maximum absolute atomic E-state index is 13.2. The van der Waals surface area contributed by atoms with Crippen molar-refractivity contribution in [3.05, 3.63) is 83.0 Å². The quantitative estimate of drug-likeness (QED) is 0.163. The van der Waals surface area contributed by atoms with Crippen LogP contribution < -0.4 is 10.8 Å². The number of amides is 1. The van der Waals surface area contributed by atoms with Crippen LogP contribution in [0.5, 0.6) is 0 Å². The number of carbonyl (C=O) groups excluding carboxylic acids is 1. The molecule has 2 aromatic heterocycles. The van der Waals surface area contributed by atoms with Crippen molar-refractivity contribution in [3.8, 4) is 11.3 Å². The van der Waals surface area contributed by atoms with Crippen LogP contribution in [0.2, 0.25) is 0 Å². The van der Waals surface area contributed by atoms with E-state index in [2.05, 4.69) is 55.3 Å². The molecule has 7 nitrogen and oxygen atoms in total. The molecule has 190 valence electrons. The van der Waals surface area contributed by atoms with E-state index < -0.39 is 6.23 Å². The van der Waals surface area contributed by atoms with Crippen molar-refractivity contribution < 1.29 is 19.5 Å². The van der Waals surface area contributed by atoms with Gasteiger partial charge >= 0.3 is 0 Å². The third-order valence-electron chi connectivity index (χ3n) is 6.43. The van der Waals surface area contributed by atoms with Crippen LogP contribution in [0.25, 0.3) is 22.4 Å². The van der Waals surface area contributed by atoms with Gasteiger partial charge in [-0.15, -0.1) is 0 Å². The van der Waals surface area contributed by atoms with Crippen molar-refractivity contribution in [1.82, 2.24) is 15.8 Å². The molecule has 0 saturated carbocycles. The van der Waals surface area contributed by atoms with Crippen LogP contribution in [-0.4, -0.2) is 21.2 Å². The number of aliphatic hydroxyl groups excluding tert-OH is 1. The Hall–Kier alpha value is -3.39. The molecule has 0 aliphatic carbocycles. The van der Waals surface area contributed by atoms with Gasteiger partial charge < -0.3 is 25.0 Å². The van der Waals surface area contributed by atoms with Gasteiger partial charge in [-0.3, -0.25) is 4.79 Å². The largest absolute Gasteiger partial charge is 0.454 e. The van der Waals surface area contributed by atoms with E-state index in [0.717, 1.165) is 22.4 Å². The number of benzene rings is 2. The molecule has 2 aromatic carbocycles. The Labute approximate surface area is 211 Å². The molecule has 2 heterocycles. The number of furan rings is 1. The molecule has 0 aliphatic heterocycles. The fraction of sp³-hybridized carbons (Fsp3) is 0.345. The van der Waals surface area contributed by atoms with E-state index >= 15 is 0 Å². The minimum atomic E-state index is -1.17. The van der Waals surface area contributed by atoms with Gasteiger partial charge in [0.1, 0.15) is 11.5 Å². The van der Waals surface area contributed by atoms with Crippen LogP contribution in [0.1, 0.15) is 81.0 Å². The number of rotatable bonds is 6. The second-order valence-corrected chi connectivity index (χ2v) is 11.4. The Balaban J connectivity index is 1.53. The standard InChI is InChI=1S/C29H35N3O4/c1-28(2,3)20-13-11-17(12-14-20)23-15-21-24(36-23)16-22(30-21)27(34)31-25(29(4,5)6)18-7-9-19(10-8-18)26(33)32-35/h7-16,25-26,30,32-33,35H,1-6H3,(H,31,34). The average molecular weight is 490 g/mol. The highest BCUT2D eigenvalue weighted by molar-refractivity contribution is 5.97. The molecule has 0 fully saturated rings. The number of aromatic amines is 1. The van der Waals surface area contributed by atoms with Crippen molar-refractivity contribution >= 4 is 17.0 Å². The summed E-state index contributed by atoms with van der Waals surface area (Å²) < 4.78 is 6.05. The number of hydrogen-bond donors (Lipinski definition) is 5. The first-order chi connectivity index (χ1) is 16.9. The fourth-order valence-corrected chi connectivity index (χ4v) is 4.28. The van der Waals surface area contributed by atoms with Gasteiger partial charge in [0.2, 0.25) is 0 Å². The number of fused-ring (bicyclic) bond motifs is 1. The van der Waals surface area contributed by atoms with Gasteiger partial charge in [0.05, 0.1) is 11.6 Å². The van der Waals surface area contributed by atoms with Crippen molar-refractivity contribution in [2.45, 2.75) is 59.2 Å². The van der Waals surface area contributed by atoms with Crippen LogP contribution in [0.15, 0.2) is 65.1 Å². The molecule has 5 N–H and O–H groups in total. The maximum Gasteiger partial charge on any atom is 0.268 e. The zero-order valence-corrected chi connectivity index (χ0v) is 21.6. The van der Waals surface area contributed by atoms with Gasteiger partial charge in [-0.1, -0.05) is 90.1 Å². The first kappa shape index (κ1) is 25.7. The van der Waals surface area contributed by atoms with Gasteiger partial charge in [-0.05, 0) is 27.5 Å². The topological polar surface area (TPSA) is 111 Å². The van der Waals surface area contributed by atoms with Crippen LogP contribution in [0, 0.1) is 5.41 Å². The summed E-state index contributed by atoms with van der Waals surface area (Å²) in [5, 5.41) is 21.8. The summed E-state index contributed by atoms with van der Waals surface area (Å²) in [5.41, 5.74) is 7.08. The summed E-state index contributed by atoms with van der Waals surface area (Å²) in [5.74, 6) is 0.509. The van der Waals surface area contributed by atoms with Crippen LogP contribution in [0.4, 0.5) is 0 Å².